The fourth-order valence-corrected chi connectivity index (χ4v) is 9.80. The van der Waals surface area contributed by atoms with Gasteiger partial charge in [-0.3, -0.25) is 4.98 Å². The third-order valence-corrected chi connectivity index (χ3v) is 13.0. The number of benzene rings is 10. The molecule has 0 aliphatic rings. The maximum absolute atomic E-state index is 9.77. The van der Waals surface area contributed by atoms with Gasteiger partial charge in [-0.05, 0) is 109 Å². The van der Waals surface area contributed by atoms with Crippen LogP contribution in [0.1, 0.15) is 5.56 Å². The minimum absolute atomic E-state index is 0.578. The van der Waals surface area contributed by atoms with E-state index in [9.17, 15) is 5.26 Å². The molecule has 6 heteroatoms. The highest BCUT2D eigenvalue weighted by Gasteiger charge is 2.19. The Hall–Kier alpha value is -9.31. The van der Waals surface area contributed by atoms with E-state index in [4.69, 9.17) is 24.4 Å². The molecule has 10 aromatic carbocycles. The molecular formula is C61H35N5O. The number of aromatic nitrogens is 4. The summed E-state index contributed by atoms with van der Waals surface area (Å²) in [5.41, 5.74) is 12.4. The second-order valence-electron chi connectivity index (χ2n) is 16.8. The minimum atomic E-state index is 0.578. The summed E-state index contributed by atoms with van der Waals surface area (Å²) in [5.74, 6) is 1.76. The minimum Gasteiger partial charge on any atom is -0.456 e. The van der Waals surface area contributed by atoms with E-state index in [0.717, 1.165) is 110 Å². The molecule has 3 heterocycles. The predicted octanol–water partition coefficient (Wildman–Crippen LogP) is 15.7. The van der Waals surface area contributed by atoms with Crippen LogP contribution in [0.2, 0.25) is 0 Å². The standard InChI is InChI=1S/C61H35N5O/c62-36-43-27-29-45(46-17-5-4-16-44(43)46)37-23-25-38(26-24-37)51-34-54-50-21-11-31-63-58(50)52(35-53(54)48-19-7-6-18-47(48)51)40-14-10-15-41(32-40)60-64-59(39-12-2-1-3-13-39)65-61(66-60)42-28-30-57-55(33-42)49-20-8-9-22-56(49)67-57/h1-35H. The van der Waals surface area contributed by atoms with Gasteiger partial charge in [0.15, 0.2) is 17.5 Å². The van der Waals surface area contributed by atoms with Crippen LogP contribution in [0.3, 0.4) is 0 Å². The first-order chi connectivity index (χ1) is 33.1. The zero-order valence-corrected chi connectivity index (χ0v) is 35.9. The molecule has 67 heavy (non-hydrogen) atoms. The summed E-state index contributed by atoms with van der Waals surface area (Å²) in [6, 6.07) is 73.5. The zero-order chi connectivity index (χ0) is 44.4. The summed E-state index contributed by atoms with van der Waals surface area (Å²) in [6.45, 7) is 0. The third-order valence-electron chi connectivity index (χ3n) is 13.0. The van der Waals surface area contributed by atoms with E-state index in [0.29, 0.717) is 23.0 Å². The Morgan fingerprint density at radius 3 is 1.66 bits per heavy atom. The van der Waals surface area contributed by atoms with Gasteiger partial charge in [0.05, 0.1) is 17.1 Å². The number of hydrogen-bond acceptors (Lipinski definition) is 6. The van der Waals surface area contributed by atoms with Gasteiger partial charge < -0.3 is 4.42 Å². The molecule has 0 atom stereocenters. The number of pyridine rings is 1. The number of rotatable bonds is 6. The molecule has 0 amide bonds. The van der Waals surface area contributed by atoms with Crippen molar-refractivity contribution in [1.82, 2.24) is 19.9 Å². The first kappa shape index (κ1) is 38.2. The number of fused-ring (bicyclic) bond motifs is 9. The van der Waals surface area contributed by atoms with E-state index in [1.807, 2.05) is 97.2 Å². The highest BCUT2D eigenvalue weighted by atomic mass is 16.3. The average molecular weight is 854 g/mol. The predicted molar refractivity (Wildman–Crippen MR) is 272 cm³/mol. The smallest absolute Gasteiger partial charge is 0.164 e. The van der Waals surface area contributed by atoms with E-state index in [1.165, 1.54) is 5.39 Å². The van der Waals surface area contributed by atoms with Crippen LogP contribution in [0.15, 0.2) is 217 Å². The maximum Gasteiger partial charge on any atom is 0.164 e. The Balaban J connectivity index is 0.942. The van der Waals surface area contributed by atoms with Crippen LogP contribution in [0.5, 0.6) is 0 Å². The highest BCUT2D eigenvalue weighted by Crippen LogP contribution is 2.43. The van der Waals surface area contributed by atoms with E-state index >= 15 is 0 Å². The van der Waals surface area contributed by atoms with Crippen molar-refractivity contribution in [3.63, 3.8) is 0 Å². The first-order valence-electron chi connectivity index (χ1n) is 22.2. The normalized spacial score (nSPS) is 11.6. The van der Waals surface area contributed by atoms with Crippen LogP contribution >= 0.6 is 0 Å². The van der Waals surface area contributed by atoms with Crippen molar-refractivity contribution in [3.8, 4) is 73.6 Å². The molecule has 0 fully saturated rings. The SMILES string of the molecule is N#Cc1ccc(-c2ccc(-c3cc4c5cccnc5c(-c5cccc(-c6nc(-c7ccccc7)nc(-c7ccc8oc9ccccc9c8c7)n6)c5)cc4c4ccccc34)cc2)c2ccccc12. The summed E-state index contributed by atoms with van der Waals surface area (Å²) in [6.07, 6.45) is 1.87. The molecule has 0 saturated heterocycles. The van der Waals surface area contributed by atoms with Crippen molar-refractivity contribution in [2.45, 2.75) is 0 Å². The molecule has 0 aliphatic carbocycles. The van der Waals surface area contributed by atoms with Gasteiger partial charge >= 0.3 is 0 Å². The molecule has 13 aromatic rings. The van der Waals surface area contributed by atoms with Gasteiger partial charge in [0, 0.05) is 50.0 Å². The van der Waals surface area contributed by atoms with Crippen molar-refractivity contribution >= 4 is 65.2 Å². The van der Waals surface area contributed by atoms with Crippen LogP contribution in [0.4, 0.5) is 0 Å². The largest absolute Gasteiger partial charge is 0.456 e. The number of furan rings is 1. The van der Waals surface area contributed by atoms with Gasteiger partial charge in [0.1, 0.15) is 11.2 Å². The van der Waals surface area contributed by atoms with Gasteiger partial charge in [-0.1, -0.05) is 152 Å². The molecule has 0 bridgehead atoms. The van der Waals surface area contributed by atoms with Gasteiger partial charge in [0.25, 0.3) is 0 Å². The number of nitrogens with zero attached hydrogens (tertiary/aromatic N) is 5. The molecule has 13 rings (SSSR count). The Kier molecular flexibility index (Phi) is 8.80. The molecule has 6 nitrogen and oxygen atoms in total. The first-order valence-corrected chi connectivity index (χ1v) is 22.2. The lowest BCUT2D eigenvalue weighted by Gasteiger charge is -2.16. The van der Waals surface area contributed by atoms with E-state index in [-0.39, 0.29) is 0 Å². The lowest BCUT2D eigenvalue weighted by Crippen LogP contribution is -2.00. The van der Waals surface area contributed by atoms with Gasteiger partial charge in [-0.25, -0.2) is 15.0 Å². The molecular weight excluding hydrogens is 819 g/mol. The Labute approximate surface area is 384 Å². The van der Waals surface area contributed by atoms with Crippen LogP contribution < -0.4 is 0 Å². The van der Waals surface area contributed by atoms with Crippen LogP contribution in [0.25, 0.3) is 133 Å². The van der Waals surface area contributed by atoms with Crippen LogP contribution in [-0.4, -0.2) is 19.9 Å². The van der Waals surface area contributed by atoms with E-state index in [1.54, 1.807) is 0 Å². The van der Waals surface area contributed by atoms with Gasteiger partial charge in [0.2, 0.25) is 0 Å². The Bertz CT molecular complexity index is 4170. The third kappa shape index (κ3) is 6.41. The van der Waals surface area contributed by atoms with Gasteiger partial charge in [-0.15, -0.1) is 0 Å². The maximum atomic E-state index is 9.77. The number of nitriles is 1. The van der Waals surface area contributed by atoms with Gasteiger partial charge in [-0.2, -0.15) is 5.26 Å². The zero-order valence-electron chi connectivity index (χ0n) is 35.9. The van der Waals surface area contributed by atoms with Crippen LogP contribution in [-0.2, 0) is 0 Å². The fraction of sp³-hybridized carbons (Fsp3) is 0. The van der Waals surface area contributed by atoms with Crippen molar-refractivity contribution < 1.29 is 4.42 Å². The fourth-order valence-electron chi connectivity index (χ4n) is 9.80. The summed E-state index contributed by atoms with van der Waals surface area (Å²) in [7, 11) is 0. The Morgan fingerprint density at radius 2 is 0.881 bits per heavy atom. The second kappa shape index (κ2) is 15.4. The molecule has 0 spiro atoms. The summed E-state index contributed by atoms with van der Waals surface area (Å²) in [4.78, 5) is 20.4. The van der Waals surface area contributed by atoms with Crippen LogP contribution in [0, 0.1) is 11.3 Å². The Morgan fingerprint density at radius 1 is 0.328 bits per heavy atom. The summed E-state index contributed by atoms with van der Waals surface area (Å²) >= 11 is 0. The molecule has 0 N–H and O–H groups in total. The monoisotopic (exact) mass is 853 g/mol. The molecule has 0 saturated carbocycles. The highest BCUT2D eigenvalue weighted by molar-refractivity contribution is 6.23. The lowest BCUT2D eigenvalue weighted by molar-refractivity contribution is 0.669. The molecule has 3 aromatic heterocycles. The molecule has 0 aliphatic heterocycles. The topological polar surface area (TPSA) is 88.5 Å². The van der Waals surface area contributed by atoms with Crippen molar-refractivity contribution in [1.29, 1.82) is 5.26 Å². The number of hydrogen-bond donors (Lipinski definition) is 0. The second-order valence-corrected chi connectivity index (χ2v) is 16.8. The van der Waals surface area contributed by atoms with Crippen molar-refractivity contribution in [2.24, 2.45) is 0 Å². The molecule has 0 radical (unpaired) electrons. The quantitative estimate of drug-likeness (QED) is 0.155. The lowest BCUT2D eigenvalue weighted by atomic mass is 9.88. The molecule has 310 valence electrons. The van der Waals surface area contributed by atoms with Crippen molar-refractivity contribution in [3.05, 3.63) is 218 Å². The van der Waals surface area contributed by atoms with E-state index in [2.05, 4.69) is 121 Å². The number of para-hydroxylation sites is 1. The average Bonchev–Trinajstić information content (AvgIpc) is 3.78. The van der Waals surface area contributed by atoms with E-state index < -0.39 is 0 Å². The summed E-state index contributed by atoms with van der Waals surface area (Å²) < 4.78 is 6.16. The van der Waals surface area contributed by atoms with Crippen molar-refractivity contribution in [2.75, 3.05) is 0 Å². The molecule has 0 unspecified atom stereocenters. The summed E-state index contributed by atoms with van der Waals surface area (Å²) in [5, 5.41) is 19.6.